The Balaban J connectivity index is 1.86. The monoisotopic (exact) mass is 237 g/mol. The fourth-order valence-electron chi connectivity index (χ4n) is 2.18. The van der Waals surface area contributed by atoms with E-state index in [9.17, 15) is 0 Å². The van der Waals surface area contributed by atoms with Gasteiger partial charge < -0.3 is 15.2 Å². The van der Waals surface area contributed by atoms with Crippen molar-refractivity contribution in [2.75, 3.05) is 45.8 Å². The molecule has 0 unspecified atom stereocenters. The summed E-state index contributed by atoms with van der Waals surface area (Å²) in [6.07, 6.45) is 3.71. The van der Waals surface area contributed by atoms with E-state index in [1.807, 2.05) is 12.4 Å². The van der Waals surface area contributed by atoms with Crippen molar-refractivity contribution in [2.45, 2.75) is 13.5 Å². The molecule has 2 rings (SSSR count). The number of likely N-dealkylation sites (N-methyl/N-ethyl adjacent to an activating group) is 1. The van der Waals surface area contributed by atoms with Crippen molar-refractivity contribution >= 4 is 0 Å². The Hall–Kier alpha value is -0.910. The molecule has 0 aliphatic carbocycles. The van der Waals surface area contributed by atoms with Crippen molar-refractivity contribution in [1.29, 1.82) is 0 Å². The van der Waals surface area contributed by atoms with Crippen LogP contribution in [0.15, 0.2) is 12.4 Å². The zero-order valence-corrected chi connectivity index (χ0v) is 10.7. The molecule has 1 aromatic heterocycles. The molecule has 2 N–H and O–H groups in total. The van der Waals surface area contributed by atoms with Crippen molar-refractivity contribution in [2.24, 2.45) is 0 Å². The number of H-pyrrole nitrogens is 1. The highest BCUT2D eigenvalue weighted by Crippen LogP contribution is 2.00. The third kappa shape index (κ3) is 4.11. The van der Waals surface area contributed by atoms with Gasteiger partial charge in [-0.1, -0.05) is 6.92 Å². The second-order valence-electron chi connectivity index (χ2n) is 4.50. The molecule has 0 atom stereocenters. The van der Waals surface area contributed by atoms with E-state index >= 15 is 0 Å². The molecule has 1 saturated heterocycles. The minimum atomic E-state index is 0.923. The maximum Gasteiger partial charge on any atom is 0.120 e. The van der Waals surface area contributed by atoms with Gasteiger partial charge in [-0.15, -0.1) is 0 Å². The van der Waals surface area contributed by atoms with Crippen molar-refractivity contribution in [3.05, 3.63) is 18.2 Å². The summed E-state index contributed by atoms with van der Waals surface area (Å²) in [5.41, 5.74) is 0. The third-order valence-corrected chi connectivity index (χ3v) is 3.32. The Morgan fingerprint density at radius 1 is 1.18 bits per heavy atom. The average Bonchev–Trinajstić information content (AvgIpc) is 2.86. The van der Waals surface area contributed by atoms with E-state index in [2.05, 4.69) is 32.0 Å². The number of nitrogens with one attached hydrogen (secondary N) is 2. The minimum Gasteiger partial charge on any atom is -0.348 e. The normalized spacial score (nSPS) is 20.8. The van der Waals surface area contributed by atoms with Gasteiger partial charge in [0.25, 0.3) is 0 Å². The van der Waals surface area contributed by atoms with Gasteiger partial charge in [-0.2, -0.15) is 0 Å². The summed E-state index contributed by atoms with van der Waals surface area (Å²) in [4.78, 5) is 12.4. The minimum absolute atomic E-state index is 0.923. The average molecular weight is 237 g/mol. The fourth-order valence-corrected chi connectivity index (χ4v) is 2.18. The zero-order chi connectivity index (χ0) is 11.9. The highest BCUT2D eigenvalue weighted by Gasteiger charge is 2.11. The van der Waals surface area contributed by atoms with E-state index in [0.29, 0.717) is 0 Å². The summed E-state index contributed by atoms with van der Waals surface area (Å²) in [7, 11) is 0. The smallest absolute Gasteiger partial charge is 0.120 e. The Morgan fingerprint density at radius 3 is 2.65 bits per heavy atom. The first-order valence-electron chi connectivity index (χ1n) is 6.52. The molecule has 1 fully saturated rings. The molecule has 0 spiro atoms. The van der Waals surface area contributed by atoms with Crippen LogP contribution in [-0.2, 0) is 6.54 Å². The van der Waals surface area contributed by atoms with Crippen molar-refractivity contribution in [3.63, 3.8) is 0 Å². The van der Waals surface area contributed by atoms with Crippen LogP contribution in [0.5, 0.6) is 0 Å². The van der Waals surface area contributed by atoms with Crippen LogP contribution < -0.4 is 5.32 Å². The Bertz CT molecular complexity index is 298. The molecule has 96 valence electrons. The van der Waals surface area contributed by atoms with Crippen molar-refractivity contribution in [1.82, 2.24) is 25.1 Å². The lowest BCUT2D eigenvalue weighted by Crippen LogP contribution is -2.35. The lowest BCUT2D eigenvalue weighted by molar-refractivity contribution is 0.217. The Labute approximate surface area is 103 Å². The molecule has 5 nitrogen and oxygen atoms in total. The van der Waals surface area contributed by atoms with Crippen molar-refractivity contribution in [3.8, 4) is 0 Å². The standard InChI is InChI=1S/C12H23N5/c1-2-16-7-5-13-6-8-17(10-9-16)11-12-14-3-4-15-12/h3-4,13H,2,5-11H2,1H3,(H,14,15). The summed E-state index contributed by atoms with van der Waals surface area (Å²) in [6, 6.07) is 0. The molecule has 1 aliphatic rings. The molecule has 1 aliphatic heterocycles. The van der Waals surface area contributed by atoms with Crippen LogP contribution in [0.1, 0.15) is 12.7 Å². The first kappa shape index (κ1) is 12.5. The van der Waals surface area contributed by atoms with Gasteiger partial charge >= 0.3 is 0 Å². The summed E-state index contributed by atoms with van der Waals surface area (Å²) in [6.45, 7) is 11.0. The van der Waals surface area contributed by atoms with Gasteiger partial charge in [0, 0.05) is 51.7 Å². The maximum atomic E-state index is 4.30. The van der Waals surface area contributed by atoms with Gasteiger partial charge in [0.15, 0.2) is 0 Å². The molecule has 17 heavy (non-hydrogen) atoms. The number of aromatic amines is 1. The summed E-state index contributed by atoms with van der Waals surface area (Å²) >= 11 is 0. The molecular weight excluding hydrogens is 214 g/mol. The van der Waals surface area contributed by atoms with Crippen LogP contribution in [0.3, 0.4) is 0 Å². The Kier molecular flexibility index (Phi) is 4.97. The van der Waals surface area contributed by atoms with Crippen LogP contribution in [-0.4, -0.2) is 65.6 Å². The molecule has 0 amide bonds. The van der Waals surface area contributed by atoms with Gasteiger partial charge in [0.2, 0.25) is 0 Å². The first-order valence-corrected chi connectivity index (χ1v) is 6.52. The van der Waals surface area contributed by atoms with Gasteiger partial charge in [-0.05, 0) is 6.54 Å². The van der Waals surface area contributed by atoms with Crippen molar-refractivity contribution < 1.29 is 0 Å². The van der Waals surface area contributed by atoms with E-state index in [-0.39, 0.29) is 0 Å². The lowest BCUT2D eigenvalue weighted by atomic mass is 10.4. The molecule has 1 aromatic rings. The maximum absolute atomic E-state index is 4.30. The predicted molar refractivity (Wildman–Crippen MR) is 68.8 cm³/mol. The molecule has 0 radical (unpaired) electrons. The number of nitrogens with zero attached hydrogens (tertiary/aromatic N) is 3. The number of imidazole rings is 1. The van der Waals surface area contributed by atoms with Crippen LogP contribution in [0.2, 0.25) is 0 Å². The molecule has 5 heteroatoms. The van der Waals surface area contributed by atoms with E-state index in [1.54, 1.807) is 0 Å². The third-order valence-electron chi connectivity index (χ3n) is 3.32. The quantitative estimate of drug-likeness (QED) is 0.785. The molecular formula is C12H23N5. The van der Waals surface area contributed by atoms with Crippen LogP contribution in [0, 0.1) is 0 Å². The van der Waals surface area contributed by atoms with E-state index in [1.165, 1.54) is 0 Å². The topological polar surface area (TPSA) is 47.2 Å². The second-order valence-corrected chi connectivity index (χ2v) is 4.50. The predicted octanol–water partition coefficient (Wildman–Crippen LogP) is 0.137. The first-order chi connectivity index (χ1) is 8.38. The van der Waals surface area contributed by atoms with Crippen LogP contribution in [0.25, 0.3) is 0 Å². The van der Waals surface area contributed by atoms with Gasteiger partial charge in [0.1, 0.15) is 5.82 Å². The highest BCUT2D eigenvalue weighted by atomic mass is 15.2. The van der Waals surface area contributed by atoms with Crippen LogP contribution in [0.4, 0.5) is 0 Å². The number of hydrogen-bond acceptors (Lipinski definition) is 4. The summed E-state index contributed by atoms with van der Waals surface area (Å²) in [5, 5.41) is 3.49. The lowest BCUT2D eigenvalue weighted by Gasteiger charge is -2.24. The largest absolute Gasteiger partial charge is 0.348 e. The molecule has 2 heterocycles. The fraction of sp³-hybridized carbons (Fsp3) is 0.750. The Morgan fingerprint density at radius 2 is 1.94 bits per heavy atom. The highest BCUT2D eigenvalue weighted by molar-refractivity contribution is 4.87. The summed E-state index contributed by atoms with van der Waals surface area (Å²) in [5.74, 6) is 1.06. The van der Waals surface area contributed by atoms with Crippen LogP contribution >= 0.6 is 0 Å². The second kappa shape index (κ2) is 6.74. The summed E-state index contributed by atoms with van der Waals surface area (Å²) < 4.78 is 0. The van der Waals surface area contributed by atoms with Gasteiger partial charge in [-0.3, -0.25) is 4.90 Å². The van der Waals surface area contributed by atoms with E-state index in [0.717, 1.165) is 58.2 Å². The zero-order valence-electron chi connectivity index (χ0n) is 10.7. The van der Waals surface area contributed by atoms with Gasteiger partial charge in [0.05, 0.1) is 6.54 Å². The molecule has 0 saturated carbocycles. The number of rotatable bonds is 3. The molecule has 0 bridgehead atoms. The number of aromatic nitrogens is 2. The SMILES string of the molecule is CCN1CCNCCN(Cc2ncc[nH]2)CC1. The van der Waals surface area contributed by atoms with E-state index < -0.39 is 0 Å². The molecule has 0 aromatic carbocycles. The van der Waals surface area contributed by atoms with E-state index in [4.69, 9.17) is 0 Å². The number of hydrogen-bond donors (Lipinski definition) is 2. The van der Waals surface area contributed by atoms with Gasteiger partial charge in [-0.25, -0.2) is 4.98 Å².